The number of hydrogen-bond donors (Lipinski definition) is 1. The van der Waals surface area contributed by atoms with Crippen molar-refractivity contribution < 1.29 is 5.11 Å². The van der Waals surface area contributed by atoms with Gasteiger partial charge in [0.1, 0.15) is 0 Å². The minimum Gasteiger partial charge on any atom is -0.389 e. The van der Waals surface area contributed by atoms with E-state index in [9.17, 15) is 5.11 Å². The van der Waals surface area contributed by atoms with Gasteiger partial charge in [-0.05, 0) is 60.7 Å². The van der Waals surface area contributed by atoms with Crippen LogP contribution < -0.4 is 0 Å². The zero-order valence-electron chi connectivity index (χ0n) is 12.6. The van der Waals surface area contributed by atoms with Crippen LogP contribution in [-0.2, 0) is 0 Å². The predicted octanol–water partition coefficient (Wildman–Crippen LogP) is 4.39. The fraction of sp³-hybridized carbons (Fsp3) is 1.00. The number of aliphatic hydroxyl groups is 1. The van der Waals surface area contributed by atoms with Crippen LogP contribution in [0.25, 0.3) is 0 Å². The molecule has 3 rings (SSSR count). The maximum Gasteiger partial charge on any atom is 0.0706 e. The fourth-order valence-electron chi connectivity index (χ4n) is 5.83. The summed E-state index contributed by atoms with van der Waals surface area (Å²) in [5.41, 5.74) is 0.446. The Balaban J connectivity index is 1.95. The van der Waals surface area contributed by atoms with Gasteiger partial charge >= 0.3 is 0 Å². The molecule has 3 aliphatic rings. The quantitative estimate of drug-likeness (QED) is 0.732. The molecule has 2 bridgehead atoms. The van der Waals surface area contributed by atoms with E-state index in [4.69, 9.17) is 0 Å². The van der Waals surface area contributed by atoms with Crippen LogP contribution in [0.5, 0.6) is 0 Å². The first-order valence-corrected chi connectivity index (χ1v) is 8.05. The molecule has 3 saturated carbocycles. The second-order valence-electron chi connectivity index (χ2n) is 8.30. The molecule has 3 fully saturated rings. The molecule has 18 heavy (non-hydrogen) atoms. The Hall–Kier alpha value is -0.0400. The summed E-state index contributed by atoms with van der Waals surface area (Å²) in [6.45, 7) is 9.69. The van der Waals surface area contributed by atoms with Crippen LogP contribution in [0.15, 0.2) is 0 Å². The van der Waals surface area contributed by atoms with Crippen LogP contribution >= 0.6 is 0 Å². The Morgan fingerprint density at radius 2 is 1.72 bits per heavy atom. The summed E-state index contributed by atoms with van der Waals surface area (Å²) >= 11 is 0. The van der Waals surface area contributed by atoms with Crippen LogP contribution in [0, 0.1) is 28.6 Å². The lowest BCUT2D eigenvalue weighted by Crippen LogP contribution is -2.52. The van der Waals surface area contributed by atoms with Gasteiger partial charge in [-0.25, -0.2) is 0 Å². The van der Waals surface area contributed by atoms with E-state index in [1.165, 1.54) is 38.5 Å². The summed E-state index contributed by atoms with van der Waals surface area (Å²) in [4.78, 5) is 0. The molecule has 3 aliphatic carbocycles. The van der Waals surface area contributed by atoms with E-state index in [1.807, 2.05) is 0 Å². The SMILES string of the molecule is CC1CCCCC1(O)[C@H]1C[C@@H]2CC[C@@]1(C)C2(C)C. The van der Waals surface area contributed by atoms with Gasteiger partial charge in [0.2, 0.25) is 0 Å². The summed E-state index contributed by atoms with van der Waals surface area (Å²) in [5.74, 6) is 1.91. The highest BCUT2D eigenvalue weighted by Crippen LogP contribution is 2.71. The van der Waals surface area contributed by atoms with E-state index in [0.29, 0.717) is 22.7 Å². The highest BCUT2D eigenvalue weighted by atomic mass is 16.3. The molecule has 1 heteroatoms. The molecule has 0 spiro atoms. The van der Waals surface area contributed by atoms with Gasteiger partial charge < -0.3 is 5.11 Å². The zero-order valence-corrected chi connectivity index (χ0v) is 12.6. The van der Waals surface area contributed by atoms with Crippen molar-refractivity contribution in [2.24, 2.45) is 28.6 Å². The molecule has 1 nitrogen and oxygen atoms in total. The van der Waals surface area contributed by atoms with Crippen molar-refractivity contribution in [3.8, 4) is 0 Å². The maximum atomic E-state index is 11.4. The molecular weight excluding hydrogens is 220 g/mol. The van der Waals surface area contributed by atoms with Gasteiger partial charge in [-0.1, -0.05) is 40.5 Å². The molecule has 0 saturated heterocycles. The van der Waals surface area contributed by atoms with Gasteiger partial charge in [-0.3, -0.25) is 0 Å². The van der Waals surface area contributed by atoms with Crippen molar-refractivity contribution in [3.63, 3.8) is 0 Å². The van der Waals surface area contributed by atoms with E-state index in [0.717, 1.165) is 12.3 Å². The summed E-state index contributed by atoms with van der Waals surface area (Å²) in [6, 6.07) is 0. The summed E-state index contributed by atoms with van der Waals surface area (Å²) in [6.07, 6.45) is 8.85. The van der Waals surface area contributed by atoms with Crippen LogP contribution in [0.4, 0.5) is 0 Å². The molecule has 0 heterocycles. The number of rotatable bonds is 1. The molecule has 1 N–H and O–H groups in total. The number of fused-ring (bicyclic) bond motifs is 2. The Bertz CT molecular complexity index is 348. The minimum absolute atomic E-state index is 0.362. The lowest BCUT2D eigenvalue weighted by Gasteiger charge is -2.51. The van der Waals surface area contributed by atoms with Crippen LogP contribution in [0.3, 0.4) is 0 Å². The second-order valence-corrected chi connectivity index (χ2v) is 8.30. The molecule has 0 aromatic carbocycles. The van der Waals surface area contributed by atoms with E-state index in [2.05, 4.69) is 27.7 Å². The summed E-state index contributed by atoms with van der Waals surface area (Å²) < 4.78 is 0. The molecular formula is C17H30O. The maximum absolute atomic E-state index is 11.4. The molecule has 0 radical (unpaired) electrons. The van der Waals surface area contributed by atoms with E-state index < -0.39 is 0 Å². The average molecular weight is 250 g/mol. The van der Waals surface area contributed by atoms with Gasteiger partial charge in [0.15, 0.2) is 0 Å². The Morgan fingerprint density at radius 3 is 2.22 bits per heavy atom. The van der Waals surface area contributed by atoms with E-state index in [1.54, 1.807) is 0 Å². The number of hydrogen-bond acceptors (Lipinski definition) is 1. The molecule has 0 amide bonds. The minimum atomic E-state index is -0.362. The molecule has 104 valence electrons. The summed E-state index contributed by atoms with van der Waals surface area (Å²) in [5, 5.41) is 11.4. The standard InChI is InChI=1S/C17H30O/c1-12-7-5-6-9-17(12,18)14-11-13-8-10-16(14,4)15(13,2)3/h12-14,18H,5-11H2,1-4H3/t12?,13-,14-,16+,17?/m0/s1. The Kier molecular flexibility index (Phi) is 2.70. The first-order valence-electron chi connectivity index (χ1n) is 8.05. The first-order chi connectivity index (χ1) is 8.32. The molecule has 0 aromatic rings. The molecule has 0 aliphatic heterocycles. The van der Waals surface area contributed by atoms with Crippen molar-refractivity contribution in [2.75, 3.05) is 0 Å². The van der Waals surface area contributed by atoms with Crippen molar-refractivity contribution in [3.05, 3.63) is 0 Å². The highest BCUT2D eigenvalue weighted by Gasteiger charge is 2.66. The van der Waals surface area contributed by atoms with Crippen molar-refractivity contribution in [1.29, 1.82) is 0 Å². The third kappa shape index (κ3) is 1.38. The second kappa shape index (κ2) is 3.75. The van der Waals surface area contributed by atoms with E-state index >= 15 is 0 Å². The van der Waals surface area contributed by atoms with Gasteiger partial charge in [0.05, 0.1) is 5.60 Å². The average Bonchev–Trinajstić information content (AvgIpc) is 2.65. The Labute approximate surface area is 112 Å². The van der Waals surface area contributed by atoms with Crippen molar-refractivity contribution >= 4 is 0 Å². The Morgan fingerprint density at radius 1 is 1.00 bits per heavy atom. The van der Waals surface area contributed by atoms with Gasteiger partial charge in [-0.2, -0.15) is 0 Å². The lowest BCUT2D eigenvalue weighted by atomic mass is 9.57. The normalized spacial score (nSPS) is 54.8. The summed E-state index contributed by atoms with van der Waals surface area (Å²) in [7, 11) is 0. The molecule has 0 aromatic heterocycles. The zero-order chi connectivity index (χ0) is 13.2. The van der Waals surface area contributed by atoms with Crippen LogP contribution in [0.1, 0.15) is 72.6 Å². The fourth-order valence-corrected chi connectivity index (χ4v) is 5.83. The molecule has 2 unspecified atom stereocenters. The van der Waals surface area contributed by atoms with Crippen molar-refractivity contribution in [1.82, 2.24) is 0 Å². The predicted molar refractivity (Wildman–Crippen MR) is 75.3 cm³/mol. The van der Waals surface area contributed by atoms with Crippen LogP contribution in [-0.4, -0.2) is 10.7 Å². The molecule has 5 atom stereocenters. The van der Waals surface area contributed by atoms with Gasteiger partial charge in [0, 0.05) is 0 Å². The largest absolute Gasteiger partial charge is 0.389 e. The first kappa shape index (κ1) is 13.0. The van der Waals surface area contributed by atoms with E-state index in [-0.39, 0.29) is 5.60 Å². The van der Waals surface area contributed by atoms with Gasteiger partial charge in [-0.15, -0.1) is 0 Å². The smallest absolute Gasteiger partial charge is 0.0706 e. The monoisotopic (exact) mass is 250 g/mol. The van der Waals surface area contributed by atoms with Gasteiger partial charge in [0.25, 0.3) is 0 Å². The third-order valence-electron chi connectivity index (χ3n) is 7.72. The van der Waals surface area contributed by atoms with Crippen LogP contribution in [0.2, 0.25) is 0 Å². The highest BCUT2D eigenvalue weighted by molar-refractivity contribution is 5.15. The van der Waals surface area contributed by atoms with Crippen molar-refractivity contribution in [2.45, 2.75) is 78.2 Å². The third-order valence-corrected chi connectivity index (χ3v) is 7.72. The lowest BCUT2D eigenvalue weighted by molar-refractivity contribution is -0.133. The topological polar surface area (TPSA) is 20.2 Å².